The van der Waals surface area contributed by atoms with E-state index in [1.807, 2.05) is 0 Å². The monoisotopic (exact) mass is 495 g/mol. The van der Waals surface area contributed by atoms with Crippen LogP contribution in [-0.4, -0.2) is 23.9 Å². The summed E-state index contributed by atoms with van der Waals surface area (Å²) in [6.07, 6.45) is 0. The molecule has 3 aromatic carbocycles. The number of benzene rings is 3. The number of halogens is 3. The number of Topliss-reactive ketones (excluding diaryl/α,β-unsaturated/α-hetero) is 1. The third-order valence-corrected chi connectivity index (χ3v) is 5.94. The van der Waals surface area contributed by atoms with Gasteiger partial charge in [0.2, 0.25) is 5.78 Å². The van der Waals surface area contributed by atoms with E-state index in [1.165, 1.54) is 19.2 Å². The van der Waals surface area contributed by atoms with Crippen LogP contribution in [0, 0.1) is 11.6 Å². The Balaban J connectivity index is 1.68. The number of carbonyl (C=O) groups is 2. The van der Waals surface area contributed by atoms with Crippen molar-refractivity contribution >= 4 is 39.9 Å². The molecule has 0 saturated carbocycles. The van der Waals surface area contributed by atoms with Crippen molar-refractivity contribution in [2.24, 2.45) is 0 Å². The second-order valence-corrected chi connectivity index (χ2v) is 8.25. The first-order valence-corrected chi connectivity index (χ1v) is 10.8. The lowest BCUT2D eigenvalue weighted by Crippen LogP contribution is -2.31. The maximum Gasteiger partial charge on any atom is 0.294 e. The molecule has 1 aliphatic rings. The van der Waals surface area contributed by atoms with E-state index in [2.05, 4.69) is 0 Å². The van der Waals surface area contributed by atoms with Crippen LogP contribution in [0.3, 0.4) is 0 Å². The minimum Gasteiger partial charge on any atom is -0.503 e. The Bertz CT molecular complexity index is 1530. The zero-order chi connectivity index (χ0) is 24.9. The van der Waals surface area contributed by atoms with E-state index in [0.717, 1.165) is 23.1 Å². The Morgan fingerprint density at radius 2 is 1.83 bits per heavy atom. The summed E-state index contributed by atoms with van der Waals surface area (Å²) < 4.78 is 39.7. The topological polar surface area (TPSA) is 80.0 Å². The van der Waals surface area contributed by atoms with E-state index in [9.17, 15) is 23.5 Å². The quantitative estimate of drug-likeness (QED) is 0.336. The van der Waals surface area contributed by atoms with Gasteiger partial charge in [-0.15, -0.1) is 0 Å². The van der Waals surface area contributed by atoms with Gasteiger partial charge in [-0.1, -0.05) is 41.9 Å². The number of ketones is 1. The van der Waals surface area contributed by atoms with Gasteiger partial charge in [0.1, 0.15) is 11.6 Å². The van der Waals surface area contributed by atoms with Gasteiger partial charge >= 0.3 is 0 Å². The largest absolute Gasteiger partial charge is 0.503 e. The molecule has 2 heterocycles. The lowest BCUT2D eigenvalue weighted by molar-refractivity contribution is -0.117. The fraction of sp³-hybridized carbons (Fsp3) is 0.0769. The first-order chi connectivity index (χ1) is 16.8. The molecule has 1 amide bonds. The van der Waals surface area contributed by atoms with Crippen molar-refractivity contribution < 1.29 is 32.6 Å². The number of nitrogens with zero attached hydrogens (tertiary/aromatic N) is 1. The summed E-state index contributed by atoms with van der Waals surface area (Å²) in [5.74, 6) is -4.35. The Morgan fingerprint density at radius 3 is 2.54 bits per heavy atom. The zero-order valence-electron chi connectivity index (χ0n) is 18.1. The Labute approximate surface area is 202 Å². The Hall–Kier alpha value is -4.17. The molecule has 176 valence electrons. The summed E-state index contributed by atoms with van der Waals surface area (Å²) in [6, 6.07) is 14.1. The predicted octanol–water partition coefficient (Wildman–Crippen LogP) is 6.16. The number of amides is 1. The van der Waals surface area contributed by atoms with Gasteiger partial charge in [0, 0.05) is 22.5 Å². The van der Waals surface area contributed by atoms with Crippen LogP contribution in [-0.2, 0) is 4.79 Å². The van der Waals surface area contributed by atoms with Gasteiger partial charge in [-0.3, -0.25) is 14.5 Å². The molecule has 1 aromatic heterocycles. The molecule has 1 atom stereocenters. The molecular weight excluding hydrogens is 480 g/mol. The fourth-order valence-corrected chi connectivity index (χ4v) is 4.41. The predicted molar refractivity (Wildman–Crippen MR) is 125 cm³/mol. The van der Waals surface area contributed by atoms with E-state index in [1.54, 1.807) is 36.4 Å². The van der Waals surface area contributed by atoms with Crippen molar-refractivity contribution in [3.63, 3.8) is 0 Å². The number of anilines is 1. The number of furan rings is 1. The molecule has 1 unspecified atom stereocenters. The molecule has 0 saturated heterocycles. The summed E-state index contributed by atoms with van der Waals surface area (Å²) in [7, 11) is 1.41. The van der Waals surface area contributed by atoms with Gasteiger partial charge < -0.3 is 14.3 Å². The lowest BCUT2D eigenvalue weighted by Gasteiger charge is -2.27. The smallest absolute Gasteiger partial charge is 0.294 e. The maximum absolute atomic E-state index is 14.7. The molecule has 1 aliphatic heterocycles. The Morgan fingerprint density at radius 1 is 1.09 bits per heavy atom. The summed E-state index contributed by atoms with van der Waals surface area (Å²) in [5, 5.41) is 11.6. The second-order valence-electron chi connectivity index (χ2n) is 7.81. The number of hydrogen-bond donors (Lipinski definition) is 1. The van der Waals surface area contributed by atoms with E-state index < -0.39 is 40.8 Å². The summed E-state index contributed by atoms with van der Waals surface area (Å²) >= 11 is 6.11. The highest BCUT2D eigenvalue weighted by atomic mass is 35.5. The molecule has 0 fully saturated rings. The van der Waals surface area contributed by atoms with E-state index in [0.29, 0.717) is 16.0 Å². The van der Waals surface area contributed by atoms with Gasteiger partial charge in [0.25, 0.3) is 5.91 Å². The van der Waals surface area contributed by atoms with Crippen molar-refractivity contribution in [1.29, 1.82) is 0 Å². The number of hydrogen-bond acceptors (Lipinski definition) is 5. The fourth-order valence-electron chi connectivity index (χ4n) is 4.19. The summed E-state index contributed by atoms with van der Waals surface area (Å²) in [6.45, 7) is 0. The zero-order valence-corrected chi connectivity index (χ0v) is 18.8. The van der Waals surface area contributed by atoms with Crippen LogP contribution in [0.25, 0.3) is 11.0 Å². The number of ether oxygens (including phenoxy) is 1. The van der Waals surface area contributed by atoms with Gasteiger partial charge in [-0.05, 0) is 29.8 Å². The van der Waals surface area contributed by atoms with Crippen LogP contribution in [0.5, 0.6) is 5.75 Å². The SMILES string of the molecule is COc1cc(Cl)cc2cc(C(=O)C3=C(O)C(=O)N(c4cc(F)ccc4F)C3c3ccccc3)oc12. The first-order valence-electron chi connectivity index (χ1n) is 10.4. The van der Waals surface area contributed by atoms with Crippen LogP contribution in [0.2, 0.25) is 5.02 Å². The molecule has 0 bridgehead atoms. The van der Waals surface area contributed by atoms with Crippen LogP contribution < -0.4 is 9.64 Å². The van der Waals surface area contributed by atoms with Gasteiger partial charge in [-0.25, -0.2) is 8.78 Å². The average molecular weight is 496 g/mol. The second kappa shape index (κ2) is 8.56. The highest BCUT2D eigenvalue weighted by Crippen LogP contribution is 2.43. The number of carbonyl (C=O) groups excluding carboxylic acids is 2. The number of aliphatic hydroxyl groups is 1. The molecular formula is C26H16ClF2NO5. The number of methoxy groups -OCH3 is 1. The molecule has 4 aromatic rings. The Kier molecular flexibility index (Phi) is 5.53. The molecule has 1 N–H and O–H groups in total. The normalized spacial score (nSPS) is 15.8. The van der Waals surface area contributed by atoms with E-state index >= 15 is 0 Å². The third-order valence-electron chi connectivity index (χ3n) is 5.73. The third kappa shape index (κ3) is 3.72. The summed E-state index contributed by atoms with van der Waals surface area (Å²) in [5.41, 5.74) is -0.118. The molecule has 35 heavy (non-hydrogen) atoms. The molecule has 5 rings (SSSR count). The molecule has 6 nitrogen and oxygen atoms in total. The van der Waals surface area contributed by atoms with Crippen LogP contribution in [0.1, 0.15) is 22.2 Å². The number of fused-ring (bicyclic) bond motifs is 1. The average Bonchev–Trinajstić information content (AvgIpc) is 3.39. The van der Waals surface area contributed by atoms with Crippen molar-refractivity contribution in [2.75, 3.05) is 12.0 Å². The van der Waals surface area contributed by atoms with Crippen molar-refractivity contribution in [3.05, 3.63) is 106 Å². The lowest BCUT2D eigenvalue weighted by atomic mass is 9.94. The molecule has 9 heteroatoms. The van der Waals surface area contributed by atoms with Crippen molar-refractivity contribution in [1.82, 2.24) is 0 Å². The minimum absolute atomic E-state index is 0.197. The maximum atomic E-state index is 14.7. The van der Waals surface area contributed by atoms with Crippen LogP contribution in [0.15, 0.2) is 82.5 Å². The van der Waals surface area contributed by atoms with Gasteiger partial charge in [-0.2, -0.15) is 0 Å². The van der Waals surface area contributed by atoms with Crippen LogP contribution >= 0.6 is 11.6 Å². The van der Waals surface area contributed by atoms with E-state index in [4.69, 9.17) is 20.8 Å². The molecule has 0 aliphatic carbocycles. The van der Waals surface area contributed by atoms with Crippen molar-refractivity contribution in [2.45, 2.75) is 6.04 Å². The van der Waals surface area contributed by atoms with Crippen molar-refractivity contribution in [3.8, 4) is 5.75 Å². The first kappa shape index (κ1) is 22.6. The highest BCUT2D eigenvalue weighted by Gasteiger charge is 2.46. The highest BCUT2D eigenvalue weighted by molar-refractivity contribution is 6.31. The van der Waals surface area contributed by atoms with Gasteiger partial charge in [0.15, 0.2) is 22.9 Å². The van der Waals surface area contributed by atoms with E-state index in [-0.39, 0.29) is 22.7 Å². The number of aliphatic hydroxyl groups excluding tert-OH is 1. The molecule has 0 spiro atoms. The minimum atomic E-state index is -1.24. The molecule has 0 radical (unpaired) electrons. The summed E-state index contributed by atoms with van der Waals surface area (Å²) in [4.78, 5) is 27.6. The standard InChI is InChI=1S/C26H16ClF2NO5/c1-34-20-11-15(27)9-14-10-19(35-25(14)20)23(31)21-22(13-5-3-2-4-6-13)30(26(33)24(21)32)18-12-16(28)7-8-17(18)29/h2-12,22,32H,1H3. The van der Waals surface area contributed by atoms with Gasteiger partial charge in [0.05, 0.1) is 24.4 Å². The number of rotatable bonds is 5. The van der Waals surface area contributed by atoms with Crippen LogP contribution in [0.4, 0.5) is 14.5 Å².